The smallest absolute Gasteiger partial charge is 0.0200 e. The summed E-state index contributed by atoms with van der Waals surface area (Å²) < 4.78 is 1.10. The van der Waals surface area contributed by atoms with Gasteiger partial charge in [-0.25, -0.2) is 0 Å². The van der Waals surface area contributed by atoms with Crippen LogP contribution in [0.2, 0.25) is 0 Å². The lowest BCUT2D eigenvalue weighted by molar-refractivity contribution is 0.981. The Kier molecular flexibility index (Phi) is 5.18. The Balaban J connectivity index is 2.34. The van der Waals surface area contributed by atoms with E-state index in [-0.39, 0.29) is 0 Å². The van der Waals surface area contributed by atoms with E-state index < -0.39 is 0 Å². The van der Waals surface area contributed by atoms with E-state index in [1.807, 2.05) is 12.1 Å². The standard InChI is InChI=1S/C14H14BrNS2/c1-17-13-6-3-7-14(12(13)9-16)18-11-5-2-4-10(15)8-11/h2-8H,9,16H2,1H3. The molecular weight excluding hydrogens is 326 g/mol. The average molecular weight is 340 g/mol. The molecule has 0 heterocycles. The van der Waals surface area contributed by atoms with Crippen LogP contribution < -0.4 is 5.73 Å². The minimum Gasteiger partial charge on any atom is -0.326 e. The maximum Gasteiger partial charge on any atom is 0.0200 e. The monoisotopic (exact) mass is 339 g/mol. The summed E-state index contributed by atoms with van der Waals surface area (Å²) in [6.07, 6.45) is 2.09. The molecule has 0 aliphatic heterocycles. The maximum absolute atomic E-state index is 5.87. The normalized spacial score (nSPS) is 10.6. The Labute approximate surface area is 125 Å². The molecule has 0 unspecified atom stereocenters. The Morgan fingerprint density at radius 3 is 2.50 bits per heavy atom. The van der Waals surface area contributed by atoms with Gasteiger partial charge in [-0.2, -0.15) is 0 Å². The van der Waals surface area contributed by atoms with Crippen LogP contribution in [0.3, 0.4) is 0 Å². The highest BCUT2D eigenvalue weighted by Crippen LogP contribution is 2.35. The molecule has 94 valence electrons. The maximum atomic E-state index is 5.87. The molecule has 2 N–H and O–H groups in total. The molecule has 4 heteroatoms. The zero-order valence-electron chi connectivity index (χ0n) is 10.0. The summed E-state index contributed by atoms with van der Waals surface area (Å²) in [5.41, 5.74) is 7.11. The van der Waals surface area contributed by atoms with Crippen LogP contribution in [-0.4, -0.2) is 6.26 Å². The largest absolute Gasteiger partial charge is 0.326 e. The van der Waals surface area contributed by atoms with Crippen LogP contribution in [-0.2, 0) is 6.54 Å². The minimum absolute atomic E-state index is 0.577. The second-order valence-corrected chi connectivity index (χ2v) is 6.58. The predicted octanol–water partition coefficient (Wildman–Crippen LogP) is 4.78. The van der Waals surface area contributed by atoms with Gasteiger partial charge in [-0.05, 0) is 42.2 Å². The van der Waals surface area contributed by atoms with Gasteiger partial charge in [-0.15, -0.1) is 11.8 Å². The summed E-state index contributed by atoms with van der Waals surface area (Å²) in [7, 11) is 0. The van der Waals surface area contributed by atoms with E-state index in [2.05, 4.69) is 52.5 Å². The Morgan fingerprint density at radius 1 is 1.11 bits per heavy atom. The van der Waals surface area contributed by atoms with Gasteiger partial charge in [0.1, 0.15) is 0 Å². The van der Waals surface area contributed by atoms with E-state index in [9.17, 15) is 0 Å². The van der Waals surface area contributed by atoms with E-state index in [0.29, 0.717) is 6.54 Å². The summed E-state index contributed by atoms with van der Waals surface area (Å²) in [6, 6.07) is 14.7. The number of thioether (sulfide) groups is 1. The van der Waals surface area contributed by atoms with E-state index >= 15 is 0 Å². The number of rotatable bonds is 4. The van der Waals surface area contributed by atoms with E-state index in [4.69, 9.17) is 5.73 Å². The lowest BCUT2D eigenvalue weighted by atomic mass is 10.2. The highest BCUT2D eigenvalue weighted by molar-refractivity contribution is 9.10. The van der Waals surface area contributed by atoms with Crippen LogP contribution in [0.4, 0.5) is 0 Å². The second-order valence-electron chi connectivity index (χ2n) is 3.70. The van der Waals surface area contributed by atoms with Crippen LogP contribution in [0.1, 0.15) is 5.56 Å². The van der Waals surface area contributed by atoms with Crippen molar-refractivity contribution in [2.45, 2.75) is 21.2 Å². The topological polar surface area (TPSA) is 26.0 Å². The Bertz CT molecular complexity index is 543. The molecule has 0 aliphatic carbocycles. The third-order valence-corrected chi connectivity index (χ3v) is 4.95. The first kappa shape index (κ1) is 14.0. The van der Waals surface area contributed by atoms with Crippen molar-refractivity contribution in [1.29, 1.82) is 0 Å². The molecule has 0 saturated carbocycles. The van der Waals surface area contributed by atoms with Crippen molar-refractivity contribution < 1.29 is 0 Å². The molecule has 0 saturated heterocycles. The third-order valence-electron chi connectivity index (χ3n) is 2.54. The van der Waals surface area contributed by atoms with Crippen molar-refractivity contribution in [2.75, 3.05) is 6.26 Å². The molecule has 2 aromatic carbocycles. The van der Waals surface area contributed by atoms with E-state index in [0.717, 1.165) is 4.47 Å². The minimum atomic E-state index is 0.577. The predicted molar refractivity (Wildman–Crippen MR) is 84.4 cm³/mol. The molecule has 0 bridgehead atoms. The van der Waals surface area contributed by atoms with Gasteiger partial charge in [0.05, 0.1) is 0 Å². The van der Waals surface area contributed by atoms with Crippen LogP contribution in [0.15, 0.2) is 61.6 Å². The highest BCUT2D eigenvalue weighted by Gasteiger charge is 2.07. The first-order chi connectivity index (χ1) is 8.74. The average Bonchev–Trinajstić information content (AvgIpc) is 2.38. The molecule has 0 spiro atoms. The molecule has 0 amide bonds. The van der Waals surface area contributed by atoms with Crippen molar-refractivity contribution >= 4 is 39.5 Å². The molecule has 1 nitrogen and oxygen atoms in total. The van der Waals surface area contributed by atoms with Crippen LogP contribution in [0.5, 0.6) is 0 Å². The summed E-state index contributed by atoms with van der Waals surface area (Å²) in [5, 5.41) is 0. The van der Waals surface area contributed by atoms with E-state index in [1.165, 1.54) is 20.2 Å². The first-order valence-corrected chi connectivity index (χ1v) is 8.37. The number of hydrogen-bond donors (Lipinski definition) is 1. The highest BCUT2D eigenvalue weighted by atomic mass is 79.9. The summed E-state index contributed by atoms with van der Waals surface area (Å²) >= 11 is 7.00. The third kappa shape index (κ3) is 3.32. The van der Waals surface area contributed by atoms with Gasteiger partial charge in [0.15, 0.2) is 0 Å². The number of hydrogen-bond acceptors (Lipinski definition) is 3. The molecule has 0 radical (unpaired) electrons. The lowest BCUT2D eigenvalue weighted by Crippen LogP contribution is -2.00. The zero-order valence-corrected chi connectivity index (χ0v) is 13.2. The summed E-state index contributed by atoms with van der Waals surface area (Å²) in [6.45, 7) is 0.577. The molecule has 2 rings (SSSR count). The van der Waals surface area contributed by atoms with Crippen molar-refractivity contribution in [3.05, 3.63) is 52.5 Å². The van der Waals surface area contributed by atoms with Gasteiger partial charge in [-0.1, -0.05) is 39.8 Å². The number of halogens is 1. The van der Waals surface area contributed by atoms with E-state index in [1.54, 1.807) is 23.5 Å². The molecule has 18 heavy (non-hydrogen) atoms. The van der Waals surface area contributed by atoms with Gasteiger partial charge >= 0.3 is 0 Å². The number of benzene rings is 2. The SMILES string of the molecule is CSc1cccc(Sc2cccc(Br)c2)c1CN. The Morgan fingerprint density at radius 2 is 1.83 bits per heavy atom. The molecule has 2 aromatic rings. The Hall–Kier alpha value is -0.420. The summed E-state index contributed by atoms with van der Waals surface area (Å²) in [5.74, 6) is 0. The number of nitrogens with two attached hydrogens (primary N) is 1. The van der Waals surface area contributed by atoms with Crippen molar-refractivity contribution in [3.8, 4) is 0 Å². The fourth-order valence-corrected chi connectivity index (χ4v) is 4.01. The fraction of sp³-hybridized carbons (Fsp3) is 0.143. The molecular formula is C14H14BrNS2. The first-order valence-electron chi connectivity index (χ1n) is 5.54. The lowest BCUT2D eigenvalue weighted by Gasteiger charge is -2.11. The van der Waals surface area contributed by atoms with Crippen LogP contribution in [0, 0.1) is 0 Å². The van der Waals surface area contributed by atoms with Gasteiger partial charge < -0.3 is 5.73 Å². The molecule has 0 aliphatic rings. The van der Waals surface area contributed by atoms with Gasteiger partial charge in [-0.3, -0.25) is 0 Å². The molecule has 0 aromatic heterocycles. The van der Waals surface area contributed by atoms with Crippen molar-refractivity contribution in [2.24, 2.45) is 5.73 Å². The quantitative estimate of drug-likeness (QED) is 0.811. The van der Waals surface area contributed by atoms with Gasteiger partial charge in [0.25, 0.3) is 0 Å². The van der Waals surface area contributed by atoms with Crippen LogP contribution in [0.25, 0.3) is 0 Å². The fourth-order valence-electron chi connectivity index (χ4n) is 1.69. The van der Waals surface area contributed by atoms with Crippen molar-refractivity contribution in [3.63, 3.8) is 0 Å². The summed E-state index contributed by atoms with van der Waals surface area (Å²) in [4.78, 5) is 3.72. The van der Waals surface area contributed by atoms with Gasteiger partial charge in [0.2, 0.25) is 0 Å². The second kappa shape index (κ2) is 6.66. The molecule has 0 fully saturated rings. The van der Waals surface area contributed by atoms with Crippen LogP contribution >= 0.6 is 39.5 Å². The molecule has 0 atom stereocenters. The van der Waals surface area contributed by atoms with Gasteiger partial charge in [0, 0.05) is 25.7 Å². The van der Waals surface area contributed by atoms with Crippen molar-refractivity contribution in [1.82, 2.24) is 0 Å². The zero-order chi connectivity index (χ0) is 13.0.